The highest BCUT2D eigenvalue weighted by Crippen LogP contribution is 2.33. The number of aromatic nitrogens is 1. The fourth-order valence-corrected chi connectivity index (χ4v) is 3.36. The lowest BCUT2D eigenvalue weighted by Crippen LogP contribution is -2.11. The van der Waals surface area contributed by atoms with E-state index in [1.807, 2.05) is 12.1 Å². The topological polar surface area (TPSA) is 48.0 Å². The van der Waals surface area contributed by atoms with Gasteiger partial charge in [0.05, 0.1) is 0 Å². The summed E-state index contributed by atoms with van der Waals surface area (Å²) in [6.07, 6.45) is 4.79. The molecule has 2 aromatic rings. The van der Waals surface area contributed by atoms with Gasteiger partial charge in [-0.1, -0.05) is 13.8 Å². The lowest BCUT2D eigenvalue weighted by molar-refractivity contribution is 0.100. The first-order valence-electron chi connectivity index (χ1n) is 7.51. The molecule has 1 heterocycles. The van der Waals surface area contributed by atoms with Gasteiger partial charge >= 0.3 is 0 Å². The molecule has 2 N–H and O–H groups in total. The third-order valence-electron chi connectivity index (χ3n) is 4.21. The van der Waals surface area contributed by atoms with Crippen molar-refractivity contribution in [1.29, 1.82) is 0 Å². The number of hydrogen-bond acceptors (Lipinski definition) is 1. The number of primary amides is 1. The van der Waals surface area contributed by atoms with Crippen molar-refractivity contribution in [3.05, 3.63) is 35.0 Å². The van der Waals surface area contributed by atoms with E-state index in [4.69, 9.17) is 5.73 Å². The Bertz CT molecular complexity index is 667. The Morgan fingerprint density at radius 3 is 2.75 bits per heavy atom. The van der Waals surface area contributed by atoms with E-state index in [9.17, 15) is 4.79 Å². The Morgan fingerprint density at radius 2 is 2.05 bits per heavy atom. The van der Waals surface area contributed by atoms with Crippen LogP contribution in [0.15, 0.2) is 18.2 Å². The van der Waals surface area contributed by atoms with Crippen LogP contribution in [-0.4, -0.2) is 10.5 Å². The van der Waals surface area contributed by atoms with Crippen molar-refractivity contribution in [3.63, 3.8) is 0 Å². The molecule has 0 aliphatic heterocycles. The van der Waals surface area contributed by atoms with E-state index in [0.29, 0.717) is 11.5 Å². The summed E-state index contributed by atoms with van der Waals surface area (Å²) in [5.41, 5.74) is 10.2. The first-order valence-corrected chi connectivity index (χ1v) is 7.51. The van der Waals surface area contributed by atoms with Crippen molar-refractivity contribution in [3.8, 4) is 0 Å². The molecule has 1 aromatic carbocycles. The number of hydrogen-bond donors (Lipinski definition) is 1. The van der Waals surface area contributed by atoms with Crippen molar-refractivity contribution >= 4 is 16.8 Å². The number of nitrogens with zero attached hydrogens (tertiary/aromatic N) is 1. The third-order valence-corrected chi connectivity index (χ3v) is 4.21. The lowest BCUT2D eigenvalue weighted by Gasteiger charge is -2.17. The first-order chi connectivity index (χ1) is 9.58. The number of nitrogens with two attached hydrogens (primary N) is 1. The average molecular weight is 270 g/mol. The summed E-state index contributed by atoms with van der Waals surface area (Å²) in [5, 5.41) is 1.23. The van der Waals surface area contributed by atoms with Crippen molar-refractivity contribution in [2.45, 2.75) is 46.1 Å². The monoisotopic (exact) mass is 270 g/mol. The first kappa shape index (κ1) is 13.2. The van der Waals surface area contributed by atoms with Crippen LogP contribution in [0, 0.1) is 5.92 Å². The van der Waals surface area contributed by atoms with Gasteiger partial charge in [-0.25, -0.2) is 0 Å². The quantitative estimate of drug-likeness (QED) is 0.914. The number of benzene rings is 1. The van der Waals surface area contributed by atoms with Gasteiger partial charge in [-0.05, 0) is 55.4 Å². The summed E-state index contributed by atoms with van der Waals surface area (Å²) in [6, 6.07) is 5.90. The Kier molecular flexibility index (Phi) is 3.28. The van der Waals surface area contributed by atoms with E-state index >= 15 is 0 Å². The largest absolute Gasteiger partial charge is 0.366 e. The van der Waals surface area contributed by atoms with E-state index in [2.05, 4.69) is 24.5 Å². The molecule has 0 spiro atoms. The van der Waals surface area contributed by atoms with Gasteiger partial charge in [-0.3, -0.25) is 4.79 Å². The fourth-order valence-electron chi connectivity index (χ4n) is 3.36. The number of fused-ring (bicyclic) bond motifs is 3. The highest BCUT2D eigenvalue weighted by atomic mass is 16.1. The van der Waals surface area contributed by atoms with Gasteiger partial charge in [-0.15, -0.1) is 0 Å². The number of rotatable bonds is 3. The molecule has 0 atom stereocenters. The van der Waals surface area contributed by atoms with Gasteiger partial charge in [0.15, 0.2) is 0 Å². The van der Waals surface area contributed by atoms with Gasteiger partial charge in [0.2, 0.25) is 5.91 Å². The molecule has 3 nitrogen and oxygen atoms in total. The maximum atomic E-state index is 11.4. The molecule has 106 valence electrons. The van der Waals surface area contributed by atoms with Gasteiger partial charge in [0, 0.05) is 28.7 Å². The van der Waals surface area contributed by atoms with Crippen LogP contribution in [0.25, 0.3) is 10.9 Å². The van der Waals surface area contributed by atoms with Crippen molar-refractivity contribution < 1.29 is 4.79 Å². The minimum Gasteiger partial charge on any atom is -0.366 e. The van der Waals surface area contributed by atoms with Crippen LogP contribution in [0.1, 0.15) is 48.3 Å². The summed E-state index contributed by atoms with van der Waals surface area (Å²) in [6.45, 7) is 5.54. The molecule has 1 aliphatic carbocycles. The third kappa shape index (κ3) is 2.11. The van der Waals surface area contributed by atoms with Crippen LogP contribution in [0.2, 0.25) is 0 Å². The smallest absolute Gasteiger partial charge is 0.248 e. The number of carbonyl (C=O) groups is 1. The second kappa shape index (κ2) is 4.97. The maximum Gasteiger partial charge on any atom is 0.248 e. The summed E-state index contributed by atoms with van der Waals surface area (Å²) in [5.74, 6) is 0.278. The SMILES string of the molecule is CC(C)Cn1c2c(c3cc(C(N)=O)ccc31)CCCC2. The van der Waals surface area contributed by atoms with Crippen LogP contribution in [0.4, 0.5) is 0 Å². The lowest BCUT2D eigenvalue weighted by atomic mass is 9.95. The molecule has 0 radical (unpaired) electrons. The Morgan fingerprint density at radius 1 is 1.30 bits per heavy atom. The van der Waals surface area contributed by atoms with Crippen LogP contribution >= 0.6 is 0 Å². The molecular formula is C17H22N2O. The van der Waals surface area contributed by atoms with Crippen LogP contribution in [0.5, 0.6) is 0 Å². The summed E-state index contributed by atoms with van der Waals surface area (Å²) in [4.78, 5) is 11.4. The maximum absolute atomic E-state index is 11.4. The normalized spacial score (nSPS) is 14.8. The highest BCUT2D eigenvalue weighted by Gasteiger charge is 2.20. The second-order valence-corrected chi connectivity index (χ2v) is 6.23. The second-order valence-electron chi connectivity index (χ2n) is 6.23. The molecule has 1 amide bonds. The molecule has 0 saturated carbocycles. The van der Waals surface area contributed by atoms with Crippen molar-refractivity contribution in [2.24, 2.45) is 11.7 Å². The Labute approximate surface area is 119 Å². The Hall–Kier alpha value is -1.77. The van der Waals surface area contributed by atoms with Crippen molar-refractivity contribution in [1.82, 2.24) is 4.57 Å². The molecule has 1 aromatic heterocycles. The standard InChI is InChI=1S/C17H22N2O/c1-11(2)10-19-15-6-4-3-5-13(15)14-9-12(17(18)20)7-8-16(14)19/h7-9,11H,3-6,10H2,1-2H3,(H2,18,20). The van der Waals surface area contributed by atoms with Gasteiger partial charge in [-0.2, -0.15) is 0 Å². The molecule has 20 heavy (non-hydrogen) atoms. The predicted molar refractivity (Wildman–Crippen MR) is 81.9 cm³/mol. The van der Waals surface area contributed by atoms with Gasteiger partial charge in [0.1, 0.15) is 0 Å². The number of aryl methyl sites for hydroxylation is 1. The molecule has 0 fully saturated rings. The van der Waals surface area contributed by atoms with E-state index in [1.54, 1.807) is 0 Å². The number of amides is 1. The summed E-state index contributed by atoms with van der Waals surface area (Å²) >= 11 is 0. The van der Waals surface area contributed by atoms with Crippen LogP contribution in [-0.2, 0) is 19.4 Å². The molecule has 3 heteroatoms. The predicted octanol–water partition coefficient (Wildman–Crippen LogP) is 3.28. The van der Waals surface area contributed by atoms with E-state index < -0.39 is 0 Å². The van der Waals surface area contributed by atoms with Crippen LogP contribution < -0.4 is 5.73 Å². The zero-order valence-corrected chi connectivity index (χ0v) is 12.3. The zero-order chi connectivity index (χ0) is 14.3. The Balaban J connectivity index is 2.24. The van der Waals surface area contributed by atoms with E-state index in [0.717, 1.165) is 19.4 Å². The van der Waals surface area contributed by atoms with Gasteiger partial charge < -0.3 is 10.3 Å². The van der Waals surface area contributed by atoms with Gasteiger partial charge in [0.25, 0.3) is 0 Å². The minimum atomic E-state index is -0.340. The van der Waals surface area contributed by atoms with E-state index in [1.165, 1.54) is 35.0 Å². The molecular weight excluding hydrogens is 248 g/mol. The molecule has 0 bridgehead atoms. The molecule has 3 rings (SSSR count). The van der Waals surface area contributed by atoms with Crippen molar-refractivity contribution in [2.75, 3.05) is 0 Å². The molecule has 1 aliphatic rings. The van der Waals surface area contributed by atoms with E-state index in [-0.39, 0.29) is 5.91 Å². The molecule has 0 unspecified atom stereocenters. The average Bonchev–Trinajstić information content (AvgIpc) is 2.73. The fraction of sp³-hybridized carbons (Fsp3) is 0.471. The van der Waals surface area contributed by atoms with Crippen LogP contribution in [0.3, 0.4) is 0 Å². The number of carbonyl (C=O) groups excluding carboxylic acids is 1. The minimum absolute atomic E-state index is 0.340. The zero-order valence-electron chi connectivity index (χ0n) is 12.3. The highest BCUT2D eigenvalue weighted by molar-refractivity contribution is 5.98. The summed E-state index contributed by atoms with van der Waals surface area (Å²) in [7, 11) is 0. The summed E-state index contributed by atoms with van der Waals surface area (Å²) < 4.78 is 2.46. The molecule has 0 saturated heterocycles.